The summed E-state index contributed by atoms with van der Waals surface area (Å²) in [5.41, 5.74) is -9.15. The Hall–Kier alpha value is -7.19. The van der Waals surface area contributed by atoms with E-state index in [1.54, 1.807) is 0 Å². The van der Waals surface area contributed by atoms with Gasteiger partial charge in [0.05, 0.1) is 27.5 Å². The second kappa shape index (κ2) is 19.9. The Balaban J connectivity index is 1.08. The van der Waals surface area contributed by atoms with Crippen LogP contribution < -0.4 is 28.7 Å². The quantitative estimate of drug-likeness (QED) is 0.0836. The first-order chi connectivity index (χ1) is 34.7. The number of halogens is 9. The summed E-state index contributed by atoms with van der Waals surface area (Å²) in [6, 6.07) is 22.4. The summed E-state index contributed by atoms with van der Waals surface area (Å²) >= 11 is 19.3. The Morgan fingerprint density at radius 3 is 1.51 bits per heavy atom. The molecule has 0 bridgehead atoms. The number of aliphatic hydroxyl groups is 1. The highest BCUT2D eigenvalue weighted by Gasteiger charge is 2.64. The van der Waals surface area contributed by atoms with Crippen molar-refractivity contribution < 1.29 is 79.4 Å². The Morgan fingerprint density at radius 1 is 0.595 bits per heavy atom. The molecule has 0 radical (unpaired) electrons. The molecule has 2 amide bonds. The number of carboxylic acid groups (broad SMARTS) is 1. The van der Waals surface area contributed by atoms with Gasteiger partial charge in [-0.1, -0.05) is 72.9 Å². The molecule has 2 heterocycles. The number of hydrogen-bond acceptors (Lipinski definition) is 10. The molecule has 2 aliphatic rings. The number of hydrogen-bond donors (Lipinski definition) is 2. The van der Waals surface area contributed by atoms with Crippen LogP contribution in [-0.4, -0.2) is 73.6 Å². The largest absolute Gasteiger partial charge is 0.482 e. The lowest BCUT2D eigenvalue weighted by Crippen LogP contribution is -2.50. The van der Waals surface area contributed by atoms with Crippen molar-refractivity contribution in [3.63, 3.8) is 0 Å². The maximum Gasteiger partial charge on any atom is 0.433 e. The Kier molecular flexibility index (Phi) is 14.3. The average Bonchev–Trinajstić information content (AvgIpc) is 3.34. The molecule has 0 saturated carbocycles. The lowest BCUT2D eigenvalue weighted by Gasteiger charge is -2.41. The molecule has 0 saturated heterocycles. The first kappa shape index (κ1) is 53.1. The van der Waals surface area contributed by atoms with Crippen LogP contribution in [0.1, 0.15) is 68.7 Å². The van der Waals surface area contributed by atoms with E-state index in [1.165, 1.54) is 93.0 Å². The number of alkyl halides is 6. The number of carboxylic acids is 1. The molecule has 2 aliphatic heterocycles. The van der Waals surface area contributed by atoms with E-state index < -0.39 is 70.3 Å². The van der Waals surface area contributed by atoms with Crippen LogP contribution in [0.2, 0.25) is 15.1 Å². The van der Waals surface area contributed by atoms with Crippen LogP contribution in [0.3, 0.4) is 0 Å². The third-order valence-corrected chi connectivity index (χ3v) is 13.9. The number of amides is 2. The summed E-state index contributed by atoms with van der Waals surface area (Å²) in [7, 11) is 2.70. The number of carbonyl (C=O) groups is 4. The molecular weight excluding hydrogens is 1050 g/mol. The van der Waals surface area contributed by atoms with Gasteiger partial charge in [-0.05, 0) is 102 Å². The van der Waals surface area contributed by atoms with Crippen molar-refractivity contribution in [2.24, 2.45) is 0 Å². The average molecular weight is 1090 g/mol. The van der Waals surface area contributed by atoms with Crippen LogP contribution in [0.4, 0.5) is 37.7 Å². The minimum Gasteiger partial charge on any atom is -0.482 e. The molecule has 4 unspecified atom stereocenters. The number of aromatic carboxylic acids is 1. The maximum atomic E-state index is 16.2. The molecule has 8 rings (SSSR count). The highest BCUT2D eigenvalue weighted by Crippen LogP contribution is 2.55. The summed E-state index contributed by atoms with van der Waals surface area (Å²) < 4.78 is 121. The van der Waals surface area contributed by atoms with Crippen molar-refractivity contribution in [3.05, 3.63) is 164 Å². The number of carbonyl (C=O) groups excluding carboxylic acids is 3. The lowest BCUT2D eigenvalue weighted by molar-refractivity contribution is -0.274. The van der Waals surface area contributed by atoms with Crippen molar-refractivity contribution in [2.45, 2.75) is 49.2 Å². The summed E-state index contributed by atoms with van der Waals surface area (Å²) in [4.78, 5) is 52.7. The van der Waals surface area contributed by atoms with E-state index in [4.69, 9.17) is 58.5 Å². The maximum absolute atomic E-state index is 16.2. The van der Waals surface area contributed by atoms with Gasteiger partial charge < -0.3 is 43.7 Å². The van der Waals surface area contributed by atoms with Gasteiger partial charge in [0.25, 0.3) is 11.8 Å². The monoisotopic (exact) mass is 1090 g/mol. The second-order valence-electron chi connectivity index (χ2n) is 17.2. The molecule has 74 heavy (non-hydrogen) atoms. The van der Waals surface area contributed by atoms with E-state index in [1.807, 2.05) is 0 Å². The highest BCUT2D eigenvalue weighted by molar-refractivity contribution is 6.33. The van der Waals surface area contributed by atoms with Crippen molar-refractivity contribution in [1.82, 2.24) is 0 Å². The van der Waals surface area contributed by atoms with Crippen molar-refractivity contribution in [2.75, 3.05) is 37.1 Å². The van der Waals surface area contributed by atoms with Crippen LogP contribution >= 0.6 is 34.8 Å². The van der Waals surface area contributed by atoms with E-state index in [9.17, 15) is 42.6 Å². The molecule has 6 aromatic rings. The lowest BCUT2D eigenvalue weighted by atomic mass is 9.77. The van der Waals surface area contributed by atoms with Crippen LogP contribution in [-0.2, 0) is 25.5 Å². The van der Waals surface area contributed by atoms with Crippen molar-refractivity contribution in [1.29, 1.82) is 0 Å². The molecule has 13 nitrogen and oxygen atoms in total. The van der Waals surface area contributed by atoms with E-state index in [0.29, 0.717) is 0 Å². The molecule has 0 aliphatic carbocycles. The molecule has 0 spiro atoms. The summed E-state index contributed by atoms with van der Waals surface area (Å²) in [5.74, 6) is -7.05. The number of nitrogens with zero attached hydrogens (tertiary/aromatic N) is 2. The fraction of sp³-hybridized carbons (Fsp3) is 0.231. The normalized spacial score (nSPS) is 16.1. The molecule has 0 fully saturated rings. The SMILES string of the molecule is CC(c1ccc(Oc2ccc(C(=O)OC(c3ccc4c(c3)N(C)C(=O)CO4)(C(C)c3ccc(Oc4ccc(C(=O)O)c(Cl)c4)cc3Cl)C(F)(F)F)cc2)cc1Cl)C(O)(c1ccc2c(c1)N(C)C(=O)CO2)C(F)(F)F. The van der Waals surface area contributed by atoms with E-state index in [-0.39, 0.29) is 96.4 Å². The number of benzene rings is 6. The number of esters is 1. The Morgan fingerprint density at radius 2 is 1.04 bits per heavy atom. The zero-order valence-corrected chi connectivity index (χ0v) is 41.2. The van der Waals surface area contributed by atoms with Gasteiger partial charge in [-0.2, -0.15) is 26.3 Å². The second-order valence-corrected chi connectivity index (χ2v) is 18.4. The number of anilines is 2. The molecule has 0 aromatic heterocycles. The fourth-order valence-corrected chi connectivity index (χ4v) is 9.61. The van der Waals surface area contributed by atoms with Crippen LogP contribution in [0.15, 0.2) is 115 Å². The van der Waals surface area contributed by atoms with Crippen LogP contribution in [0.25, 0.3) is 0 Å². The Bertz CT molecular complexity index is 3230. The zero-order valence-electron chi connectivity index (χ0n) is 38.9. The minimum atomic E-state index is -5.40. The van der Waals surface area contributed by atoms with E-state index in [2.05, 4.69) is 0 Å². The fourth-order valence-electron chi connectivity index (χ4n) is 8.69. The number of fused-ring (bicyclic) bond motifs is 2. The molecule has 4 atom stereocenters. The van der Waals surface area contributed by atoms with Crippen LogP contribution in [0, 0.1) is 0 Å². The van der Waals surface area contributed by atoms with E-state index in [0.717, 1.165) is 60.0 Å². The predicted octanol–water partition coefficient (Wildman–Crippen LogP) is 12.6. The zero-order chi connectivity index (χ0) is 53.8. The number of rotatable bonds is 13. The van der Waals surface area contributed by atoms with Crippen LogP contribution in [0.5, 0.6) is 34.5 Å². The predicted molar refractivity (Wildman–Crippen MR) is 259 cm³/mol. The number of ether oxygens (including phenoxy) is 5. The summed E-state index contributed by atoms with van der Waals surface area (Å²) in [6.45, 7) is 1.57. The van der Waals surface area contributed by atoms with Gasteiger partial charge in [-0.3, -0.25) is 9.59 Å². The van der Waals surface area contributed by atoms with Gasteiger partial charge in [0.1, 0.15) is 34.5 Å². The van der Waals surface area contributed by atoms with E-state index >= 15 is 13.2 Å². The van der Waals surface area contributed by atoms with Gasteiger partial charge in [0, 0.05) is 47.6 Å². The van der Waals surface area contributed by atoms with Gasteiger partial charge in [-0.15, -0.1) is 0 Å². The highest BCUT2D eigenvalue weighted by atomic mass is 35.5. The van der Waals surface area contributed by atoms with Crippen molar-refractivity contribution in [3.8, 4) is 34.5 Å². The molecule has 2 N–H and O–H groups in total. The first-order valence-corrected chi connectivity index (χ1v) is 23.1. The third kappa shape index (κ3) is 9.72. The minimum absolute atomic E-state index is 0.00666. The van der Waals surface area contributed by atoms with Crippen molar-refractivity contribution >= 4 is 69.9 Å². The first-order valence-electron chi connectivity index (χ1n) is 22.0. The topological polar surface area (TPSA) is 161 Å². The summed E-state index contributed by atoms with van der Waals surface area (Å²) in [6.07, 6.45) is -10.7. The third-order valence-electron chi connectivity index (χ3n) is 12.9. The van der Waals surface area contributed by atoms with Gasteiger partial charge in [0.15, 0.2) is 18.8 Å². The summed E-state index contributed by atoms with van der Waals surface area (Å²) in [5, 5.41) is 20.2. The number of likely N-dealkylation sites (N-methyl/N-ethyl adjacent to an activating group) is 2. The van der Waals surface area contributed by atoms with Gasteiger partial charge in [-0.25, -0.2) is 9.59 Å². The smallest absolute Gasteiger partial charge is 0.433 e. The molecule has 22 heteroatoms. The standard InChI is InChI=1S/C52H39Cl3F6N2O11/c1-26(49(69,51(56,57)58)29-7-17-43-41(19-29)62(3)45(64)24-70-43)35-14-11-32(21-38(35)53)72-31-9-5-28(6-10-31)48(68)74-50(52(59,60)61,30-8-18-44-42(20-30)63(4)46(65)25-71-44)27(2)36-15-12-33(22-39(36)54)73-34-13-16-37(47(66)67)40(55)23-34/h5-23,26-27,69H,24-25H2,1-4H3,(H,66,67). The molecule has 6 aromatic carbocycles. The Labute approximate surface area is 432 Å². The molecular formula is C52H39Cl3F6N2O11. The van der Waals surface area contributed by atoms with Gasteiger partial charge >= 0.3 is 24.3 Å². The van der Waals surface area contributed by atoms with Gasteiger partial charge in [0.2, 0.25) is 5.60 Å². The molecule has 386 valence electrons.